The van der Waals surface area contributed by atoms with Crippen LogP contribution >= 0.6 is 0 Å². The van der Waals surface area contributed by atoms with Gasteiger partial charge in [-0.05, 0) is 13.0 Å². The zero-order valence-electron chi connectivity index (χ0n) is 11.3. The number of benzene rings is 1. The normalized spacial score (nSPS) is 10.1. The molecule has 0 aliphatic rings. The number of hydroxylamine groups is 1. The molecule has 0 spiro atoms. The molecule has 0 aromatic heterocycles. The van der Waals surface area contributed by atoms with E-state index in [9.17, 15) is 14.9 Å². The van der Waals surface area contributed by atoms with Gasteiger partial charge in [0.05, 0.1) is 24.7 Å². The fourth-order valence-corrected chi connectivity index (χ4v) is 1.47. The molecule has 20 heavy (non-hydrogen) atoms. The molecule has 0 aliphatic carbocycles. The zero-order valence-corrected chi connectivity index (χ0v) is 11.3. The molecule has 1 amide bonds. The van der Waals surface area contributed by atoms with Crippen LogP contribution < -0.4 is 10.2 Å². The topological polar surface area (TPSA) is 99.9 Å². The van der Waals surface area contributed by atoms with Gasteiger partial charge < -0.3 is 9.47 Å². The minimum atomic E-state index is -0.739. The molecule has 110 valence electrons. The van der Waals surface area contributed by atoms with Crippen molar-refractivity contribution in [3.63, 3.8) is 0 Å². The van der Waals surface area contributed by atoms with Crippen molar-refractivity contribution in [1.82, 2.24) is 5.48 Å². The summed E-state index contributed by atoms with van der Waals surface area (Å²) in [6, 6.07) is 4.17. The van der Waals surface area contributed by atoms with E-state index in [-0.39, 0.29) is 36.8 Å². The number of hydrogen-bond acceptors (Lipinski definition) is 6. The van der Waals surface area contributed by atoms with E-state index in [1.807, 2.05) is 0 Å². The van der Waals surface area contributed by atoms with Crippen LogP contribution in [0, 0.1) is 10.1 Å². The molecule has 0 radical (unpaired) electrons. The standard InChI is InChI=1S/C12H16N2O6/c1-3-19-10-6-4-5-9(14(16)17)11(10)12(15)13-20-8-7-18-2/h4-6H,3,7-8H2,1-2H3,(H,13,15). The van der Waals surface area contributed by atoms with Crippen molar-refractivity contribution >= 4 is 11.6 Å². The van der Waals surface area contributed by atoms with Gasteiger partial charge in [-0.1, -0.05) is 6.07 Å². The lowest BCUT2D eigenvalue weighted by Gasteiger charge is -2.10. The smallest absolute Gasteiger partial charge is 0.286 e. The van der Waals surface area contributed by atoms with Crippen LogP contribution in [0.2, 0.25) is 0 Å². The monoisotopic (exact) mass is 284 g/mol. The Labute approximate surface area is 115 Å². The molecule has 8 heteroatoms. The second kappa shape index (κ2) is 8.08. The summed E-state index contributed by atoms with van der Waals surface area (Å²) in [6.45, 7) is 2.42. The molecule has 1 rings (SSSR count). The van der Waals surface area contributed by atoms with Crippen molar-refractivity contribution in [3.8, 4) is 5.75 Å². The summed E-state index contributed by atoms with van der Waals surface area (Å²) in [5.74, 6) is -0.605. The summed E-state index contributed by atoms with van der Waals surface area (Å²) in [7, 11) is 1.49. The van der Waals surface area contributed by atoms with Crippen molar-refractivity contribution in [2.24, 2.45) is 0 Å². The fourth-order valence-electron chi connectivity index (χ4n) is 1.47. The maximum Gasteiger partial charge on any atom is 0.286 e. The maximum absolute atomic E-state index is 12.0. The number of nitro groups is 1. The van der Waals surface area contributed by atoms with Gasteiger partial charge in [-0.2, -0.15) is 0 Å². The number of carbonyl (C=O) groups is 1. The highest BCUT2D eigenvalue weighted by Crippen LogP contribution is 2.28. The van der Waals surface area contributed by atoms with E-state index in [4.69, 9.17) is 14.3 Å². The molecule has 0 fully saturated rings. The molecule has 0 unspecified atom stereocenters. The van der Waals surface area contributed by atoms with Gasteiger partial charge in [0, 0.05) is 13.2 Å². The first-order chi connectivity index (χ1) is 9.61. The molecule has 0 atom stereocenters. The van der Waals surface area contributed by atoms with Crippen molar-refractivity contribution in [2.45, 2.75) is 6.92 Å². The minimum absolute atomic E-state index is 0.132. The Balaban J connectivity index is 2.94. The number of rotatable bonds is 8. The third-order valence-corrected chi connectivity index (χ3v) is 2.28. The van der Waals surface area contributed by atoms with Gasteiger partial charge in [-0.3, -0.25) is 19.7 Å². The van der Waals surface area contributed by atoms with Crippen LogP contribution in [-0.2, 0) is 9.57 Å². The van der Waals surface area contributed by atoms with E-state index in [1.54, 1.807) is 6.92 Å². The zero-order chi connectivity index (χ0) is 15.0. The third-order valence-electron chi connectivity index (χ3n) is 2.28. The average Bonchev–Trinajstić information content (AvgIpc) is 2.43. The highest BCUT2D eigenvalue weighted by Gasteiger charge is 2.25. The van der Waals surface area contributed by atoms with Crippen molar-refractivity contribution in [3.05, 3.63) is 33.9 Å². The molecule has 1 aromatic carbocycles. The molecule has 1 aromatic rings. The second-order valence-corrected chi connectivity index (χ2v) is 3.61. The van der Waals surface area contributed by atoms with E-state index in [0.29, 0.717) is 0 Å². The third kappa shape index (κ3) is 4.18. The van der Waals surface area contributed by atoms with Crippen LogP contribution in [0.5, 0.6) is 5.75 Å². The predicted molar refractivity (Wildman–Crippen MR) is 69.6 cm³/mol. The summed E-state index contributed by atoms with van der Waals surface area (Å²) in [5.41, 5.74) is 1.61. The minimum Gasteiger partial charge on any atom is -0.493 e. The average molecular weight is 284 g/mol. The highest BCUT2D eigenvalue weighted by molar-refractivity contribution is 6.00. The van der Waals surface area contributed by atoms with Crippen LogP contribution in [0.4, 0.5) is 5.69 Å². The van der Waals surface area contributed by atoms with Crippen LogP contribution in [0.3, 0.4) is 0 Å². The summed E-state index contributed by atoms with van der Waals surface area (Å²) in [5, 5.41) is 11.0. The predicted octanol–water partition coefficient (Wildman–Crippen LogP) is 1.30. The summed E-state index contributed by atoms with van der Waals surface area (Å²) < 4.78 is 9.98. The first kappa shape index (κ1) is 15.9. The van der Waals surface area contributed by atoms with Gasteiger partial charge in [0.25, 0.3) is 11.6 Å². The molecule has 8 nitrogen and oxygen atoms in total. The van der Waals surface area contributed by atoms with Gasteiger partial charge >= 0.3 is 0 Å². The summed E-state index contributed by atoms with van der Waals surface area (Å²) in [6.07, 6.45) is 0. The molecule has 1 N–H and O–H groups in total. The Bertz CT molecular complexity index is 477. The number of carbonyl (C=O) groups excluding carboxylic acids is 1. The van der Waals surface area contributed by atoms with Crippen LogP contribution in [0.25, 0.3) is 0 Å². The number of nitro benzene ring substituents is 1. The fraction of sp³-hybridized carbons (Fsp3) is 0.417. The quantitative estimate of drug-likeness (QED) is 0.439. The Morgan fingerprint density at radius 2 is 2.15 bits per heavy atom. The van der Waals surface area contributed by atoms with Gasteiger partial charge in [0.2, 0.25) is 0 Å². The number of nitrogens with zero attached hydrogens (tertiary/aromatic N) is 1. The SMILES string of the molecule is CCOc1cccc([N+](=O)[O-])c1C(=O)NOCCOC. The van der Waals surface area contributed by atoms with Crippen molar-refractivity contribution < 1.29 is 24.0 Å². The molecular weight excluding hydrogens is 268 g/mol. The van der Waals surface area contributed by atoms with E-state index >= 15 is 0 Å². The van der Waals surface area contributed by atoms with E-state index in [2.05, 4.69) is 5.48 Å². The van der Waals surface area contributed by atoms with Crippen LogP contribution in [0.1, 0.15) is 17.3 Å². The first-order valence-electron chi connectivity index (χ1n) is 5.93. The summed E-state index contributed by atoms with van der Waals surface area (Å²) in [4.78, 5) is 27.1. The van der Waals surface area contributed by atoms with Gasteiger partial charge in [0.15, 0.2) is 5.56 Å². The largest absolute Gasteiger partial charge is 0.493 e. The van der Waals surface area contributed by atoms with Gasteiger partial charge in [-0.15, -0.1) is 0 Å². The molecule has 0 saturated carbocycles. The molecular formula is C12H16N2O6. The number of methoxy groups -OCH3 is 1. The number of amides is 1. The van der Waals surface area contributed by atoms with Gasteiger partial charge in [-0.25, -0.2) is 5.48 Å². The van der Waals surface area contributed by atoms with E-state index < -0.39 is 10.8 Å². The van der Waals surface area contributed by atoms with Crippen molar-refractivity contribution in [2.75, 3.05) is 26.9 Å². The second-order valence-electron chi connectivity index (χ2n) is 3.61. The molecule has 0 heterocycles. The Hall–Kier alpha value is -2.19. The number of hydrogen-bond donors (Lipinski definition) is 1. The lowest BCUT2D eigenvalue weighted by atomic mass is 10.1. The van der Waals surface area contributed by atoms with E-state index in [0.717, 1.165) is 0 Å². The van der Waals surface area contributed by atoms with Crippen LogP contribution in [0.15, 0.2) is 18.2 Å². The lowest BCUT2D eigenvalue weighted by molar-refractivity contribution is -0.385. The Morgan fingerprint density at radius 1 is 1.40 bits per heavy atom. The Morgan fingerprint density at radius 3 is 2.75 bits per heavy atom. The first-order valence-corrected chi connectivity index (χ1v) is 5.93. The maximum atomic E-state index is 12.0. The van der Waals surface area contributed by atoms with E-state index in [1.165, 1.54) is 25.3 Å². The lowest BCUT2D eigenvalue weighted by Crippen LogP contribution is -2.26. The molecule has 0 bridgehead atoms. The van der Waals surface area contributed by atoms with Gasteiger partial charge in [0.1, 0.15) is 5.75 Å². The van der Waals surface area contributed by atoms with Crippen molar-refractivity contribution in [1.29, 1.82) is 0 Å². The number of ether oxygens (including phenoxy) is 2. The van der Waals surface area contributed by atoms with Crippen LogP contribution in [-0.4, -0.2) is 37.8 Å². The number of nitrogens with one attached hydrogen (secondary N) is 1. The molecule has 0 saturated heterocycles. The highest BCUT2D eigenvalue weighted by atomic mass is 16.7. The summed E-state index contributed by atoms with van der Waals surface area (Å²) >= 11 is 0. The Kier molecular flexibility index (Phi) is 6.41. The molecule has 0 aliphatic heterocycles.